The Hall–Kier alpha value is -2.47. The molecule has 19 heavy (non-hydrogen) atoms. The monoisotopic (exact) mass is 257 g/mol. The van der Waals surface area contributed by atoms with Gasteiger partial charge in [0, 0.05) is 18.9 Å². The van der Waals surface area contributed by atoms with Crippen molar-refractivity contribution >= 4 is 11.9 Å². The minimum absolute atomic E-state index is 0.330. The Balaban J connectivity index is 1.85. The van der Waals surface area contributed by atoms with E-state index in [1.165, 1.54) is 18.0 Å². The Morgan fingerprint density at radius 2 is 1.84 bits per heavy atom. The second-order valence-corrected chi connectivity index (χ2v) is 3.93. The number of nitrogens with two attached hydrogens (primary N) is 1. The van der Waals surface area contributed by atoms with Crippen LogP contribution in [0.4, 0.5) is 5.95 Å². The molecule has 2 aromatic rings. The Morgan fingerprint density at radius 3 is 2.47 bits per heavy atom. The summed E-state index contributed by atoms with van der Waals surface area (Å²) in [7, 11) is 0. The summed E-state index contributed by atoms with van der Waals surface area (Å²) in [6.07, 6.45) is 3.75. The van der Waals surface area contributed by atoms with E-state index in [0.29, 0.717) is 11.5 Å². The number of nitrogens with one attached hydrogen (secondary N) is 2. The number of nitrogen functional groups attached to an aromatic ring is 1. The highest BCUT2D eigenvalue weighted by atomic mass is 16.2. The average Bonchev–Trinajstić information content (AvgIpc) is 2.48. The maximum atomic E-state index is 11.2. The van der Waals surface area contributed by atoms with Crippen LogP contribution in [-0.4, -0.2) is 22.4 Å². The van der Waals surface area contributed by atoms with Gasteiger partial charge in [0.05, 0.1) is 5.56 Å². The van der Waals surface area contributed by atoms with E-state index in [0.717, 1.165) is 13.0 Å². The maximum absolute atomic E-state index is 11.2. The molecule has 0 saturated carbocycles. The highest BCUT2D eigenvalue weighted by molar-refractivity contribution is 5.93. The Bertz CT molecular complexity index is 526. The van der Waals surface area contributed by atoms with E-state index in [1.54, 1.807) is 0 Å². The Morgan fingerprint density at radius 1 is 1.16 bits per heavy atom. The zero-order chi connectivity index (χ0) is 13.5. The number of hydrogen-bond acceptors (Lipinski definition) is 5. The number of aromatic nitrogens is 2. The van der Waals surface area contributed by atoms with Crippen molar-refractivity contribution in [3.8, 4) is 0 Å². The standard InChI is InChI=1S/C13H15N5O/c14-18-12(19)11-8-16-13(17-9-11)15-7-6-10-4-2-1-3-5-10/h1-5,8-9H,6-7,14H2,(H,18,19)(H,15,16,17). The smallest absolute Gasteiger partial charge is 0.268 e. The molecule has 0 atom stereocenters. The molecule has 0 unspecified atom stereocenters. The lowest BCUT2D eigenvalue weighted by Gasteiger charge is -2.05. The zero-order valence-corrected chi connectivity index (χ0v) is 10.3. The molecule has 0 radical (unpaired) electrons. The molecule has 0 bridgehead atoms. The first-order valence-corrected chi connectivity index (χ1v) is 5.90. The van der Waals surface area contributed by atoms with E-state index in [9.17, 15) is 4.79 Å². The van der Waals surface area contributed by atoms with Crippen LogP contribution < -0.4 is 16.6 Å². The second-order valence-electron chi connectivity index (χ2n) is 3.93. The summed E-state index contributed by atoms with van der Waals surface area (Å²) < 4.78 is 0. The number of carbonyl (C=O) groups is 1. The summed E-state index contributed by atoms with van der Waals surface area (Å²) in [5.41, 5.74) is 3.60. The van der Waals surface area contributed by atoms with Gasteiger partial charge in [-0.05, 0) is 12.0 Å². The van der Waals surface area contributed by atoms with Gasteiger partial charge in [0.15, 0.2) is 0 Å². The van der Waals surface area contributed by atoms with Crippen LogP contribution >= 0.6 is 0 Å². The highest BCUT2D eigenvalue weighted by Crippen LogP contribution is 2.02. The van der Waals surface area contributed by atoms with Crippen molar-refractivity contribution in [2.45, 2.75) is 6.42 Å². The predicted molar refractivity (Wildman–Crippen MR) is 72.3 cm³/mol. The number of carbonyl (C=O) groups excluding carboxylic acids is 1. The molecule has 1 aromatic carbocycles. The minimum Gasteiger partial charge on any atom is -0.354 e. The quantitative estimate of drug-likeness (QED) is 0.417. The van der Waals surface area contributed by atoms with Gasteiger partial charge in [-0.3, -0.25) is 10.2 Å². The third-order valence-corrected chi connectivity index (χ3v) is 2.58. The number of hydrogen-bond donors (Lipinski definition) is 3. The van der Waals surface area contributed by atoms with Gasteiger partial charge < -0.3 is 5.32 Å². The van der Waals surface area contributed by atoms with Crippen molar-refractivity contribution in [2.75, 3.05) is 11.9 Å². The summed E-state index contributed by atoms with van der Waals surface area (Å²) in [4.78, 5) is 19.3. The maximum Gasteiger partial charge on any atom is 0.268 e. The van der Waals surface area contributed by atoms with Crippen LogP contribution in [0.5, 0.6) is 0 Å². The molecular weight excluding hydrogens is 242 g/mol. The lowest BCUT2D eigenvalue weighted by atomic mass is 10.1. The topological polar surface area (TPSA) is 92.9 Å². The molecule has 0 saturated heterocycles. The third-order valence-electron chi connectivity index (χ3n) is 2.58. The fourth-order valence-electron chi connectivity index (χ4n) is 1.58. The Labute approximate surface area is 111 Å². The molecule has 4 N–H and O–H groups in total. The summed E-state index contributed by atoms with van der Waals surface area (Å²) >= 11 is 0. The van der Waals surface area contributed by atoms with Gasteiger partial charge in [0.2, 0.25) is 5.95 Å². The fraction of sp³-hybridized carbons (Fsp3) is 0.154. The van der Waals surface area contributed by atoms with E-state index in [2.05, 4.69) is 27.4 Å². The number of amides is 1. The minimum atomic E-state index is -0.407. The van der Waals surface area contributed by atoms with Crippen LogP contribution in [0.1, 0.15) is 15.9 Å². The molecular formula is C13H15N5O. The van der Waals surface area contributed by atoms with Crippen molar-refractivity contribution < 1.29 is 4.79 Å². The summed E-state index contributed by atoms with van der Waals surface area (Å²) in [5, 5.41) is 3.09. The summed E-state index contributed by atoms with van der Waals surface area (Å²) in [6.45, 7) is 0.729. The van der Waals surface area contributed by atoms with E-state index in [1.807, 2.05) is 23.6 Å². The first-order chi connectivity index (χ1) is 9.29. The van der Waals surface area contributed by atoms with Gasteiger partial charge in [0.1, 0.15) is 0 Å². The van der Waals surface area contributed by atoms with Gasteiger partial charge in [0.25, 0.3) is 5.91 Å². The summed E-state index contributed by atoms with van der Waals surface area (Å²) in [6, 6.07) is 10.1. The van der Waals surface area contributed by atoms with Crippen LogP contribution in [-0.2, 0) is 6.42 Å². The highest BCUT2D eigenvalue weighted by Gasteiger charge is 2.04. The molecule has 0 aliphatic heterocycles. The van der Waals surface area contributed by atoms with Crippen LogP contribution in [0.15, 0.2) is 42.7 Å². The van der Waals surface area contributed by atoms with Crippen molar-refractivity contribution in [2.24, 2.45) is 5.84 Å². The number of rotatable bonds is 5. The molecule has 0 fully saturated rings. The molecule has 6 nitrogen and oxygen atoms in total. The SMILES string of the molecule is NNC(=O)c1cnc(NCCc2ccccc2)nc1. The average molecular weight is 257 g/mol. The third kappa shape index (κ3) is 3.75. The van der Waals surface area contributed by atoms with Crippen LogP contribution in [0, 0.1) is 0 Å². The van der Waals surface area contributed by atoms with Crippen molar-refractivity contribution in [3.63, 3.8) is 0 Å². The van der Waals surface area contributed by atoms with Gasteiger partial charge in [-0.25, -0.2) is 15.8 Å². The largest absolute Gasteiger partial charge is 0.354 e. The predicted octanol–water partition coefficient (Wildman–Crippen LogP) is 0.735. The number of hydrazine groups is 1. The molecule has 98 valence electrons. The van der Waals surface area contributed by atoms with Crippen molar-refractivity contribution in [3.05, 3.63) is 53.9 Å². The molecule has 1 amide bonds. The van der Waals surface area contributed by atoms with Gasteiger partial charge in [-0.15, -0.1) is 0 Å². The molecule has 2 rings (SSSR count). The van der Waals surface area contributed by atoms with Crippen LogP contribution in [0.2, 0.25) is 0 Å². The normalized spacial score (nSPS) is 9.95. The van der Waals surface area contributed by atoms with E-state index in [4.69, 9.17) is 5.84 Å². The first-order valence-electron chi connectivity index (χ1n) is 5.90. The number of benzene rings is 1. The Kier molecular flexibility index (Phi) is 4.41. The zero-order valence-electron chi connectivity index (χ0n) is 10.3. The van der Waals surface area contributed by atoms with Gasteiger partial charge in [-0.1, -0.05) is 30.3 Å². The van der Waals surface area contributed by atoms with E-state index >= 15 is 0 Å². The van der Waals surface area contributed by atoms with Gasteiger partial charge >= 0.3 is 0 Å². The summed E-state index contributed by atoms with van der Waals surface area (Å²) in [5.74, 6) is 5.10. The van der Waals surface area contributed by atoms with Crippen molar-refractivity contribution in [1.29, 1.82) is 0 Å². The molecule has 1 heterocycles. The molecule has 6 heteroatoms. The molecule has 0 spiro atoms. The van der Waals surface area contributed by atoms with Crippen molar-refractivity contribution in [1.82, 2.24) is 15.4 Å². The number of anilines is 1. The van der Waals surface area contributed by atoms with E-state index < -0.39 is 5.91 Å². The van der Waals surface area contributed by atoms with Gasteiger partial charge in [-0.2, -0.15) is 0 Å². The van der Waals surface area contributed by atoms with Crippen LogP contribution in [0.25, 0.3) is 0 Å². The second kappa shape index (κ2) is 6.46. The van der Waals surface area contributed by atoms with E-state index in [-0.39, 0.29) is 0 Å². The molecule has 1 aromatic heterocycles. The van der Waals surface area contributed by atoms with Crippen LogP contribution in [0.3, 0.4) is 0 Å². The molecule has 0 aliphatic rings. The number of nitrogens with zero attached hydrogens (tertiary/aromatic N) is 2. The lowest BCUT2D eigenvalue weighted by Crippen LogP contribution is -2.30. The first kappa shape index (κ1) is 13.0. The fourth-order valence-corrected chi connectivity index (χ4v) is 1.58. The molecule has 0 aliphatic carbocycles. The lowest BCUT2D eigenvalue weighted by molar-refractivity contribution is 0.0953.